The molecule has 0 fully saturated rings. The molecule has 0 saturated heterocycles. The van der Waals surface area contributed by atoms with Crippen LogP contribution in [0.3, 0.4) is 0 Å². The number of oxime groups is 1. The quantitative estimate of drug-likeness (QED) is 0.325. The SMILES string of the molecule is CCOC(=O)c1ccc(OC/C(=N\O)c2ccc(O)cc2O)cc1. The molecule has 0 aliphatic carbocycles. The largest absolute Gasteiger partial charge is 0.508 e. The molecule has 0 atom stereocenters. The van der Waals surface area contributed by atoms with Crippen LogP contribution in [0.4, 0.5) is 0 Å². The van der Waals surface area contributed by atoms with Gasteiger partial charge in [-0.3, -0.25) is 0 Å². The fourth-order valence-corrected chi connectivity index (χ4v) is 1.98. The second-order valence-electron chi connectivity index (χ2n) is 4.78. The van der Waals surface area contributed by atoms with Crippen molar-refractivity contribution in [2.75, 3.05) is 13.2 Å². The van der Waals surface area contributed by atoms with Gasteiger partial charge >= 0.3 is 5.97 Å². The summed E-state index contributed by atoms with van der Waals surface area (Å²) in [6.07, 6.45) is 0. The molecule has 0 aliphatic rings. The van der Waals surface area contributed by atoms with Gasteiger partial charge in [-0.05, 0) is 43.3 Å². The molecule has 7 nitrogen and oxygen atoms in total. The third kappa shape index (κ3) is 4.16. The highest BCUT2D eigenvalue weighted by Gasteiger charge is 2.12. The second kappa shape index (κ2) is 7.87. The number of ether oxygens (including phenoxy) is 2. The minimum Gasteiger partial charge on any atom is -0.508 e. The number of benzene rings is 2. The maximum absolute atomic E-state index is 11.6. The van der Waals surface area contributed by atoms with Gasteiger partial charge in [-0.1, -0.05) is 5.16 Å². The summed E-state index contributed by atoms with van der Waals surface area (Å²) in [4.78, 5) is 11.6. The summed E-state index contributed by atoms with van der Waals surface area (Å²) in [7, 11) is 0. The molecule has 0 amide bonds. The van der Waals surface area contributed by atoms with E-state index in [-0.39, 0.29) is 29.4 Å². The maximum Gasteiger partial charge on any atom is 0.338 e. The second-order valence-corrected chi connectivity index (χ2v) is 4.78. The monoisotopic (exact) mass is 331 g/mol. The molecule has 3 N–H and O–H groups in total. The van der Waals surface area contributed by atoms with E-state index in [1.54, 1.807) is 31.2 Å². The Morgan fingerprint density at radius 1 is 1.12 bits per heavy atom. The highest BCUT2D eigenvalue weighted by atomic mass is 16.5. The van der Waals surface area contributed by atoms with E-state index in [9.17, 15) is 15.0 Å². The third-order valence-electron chi connectivity index (χ3n) is 3.15. The Labute approximate surface area is 138 Å². The first-order valence-corrected chi connectivity index (χ1v) is 7.18. The van der Waals surface area contributed by atoms with E-state index in [0.29, 0.717) is 17.9 Å². The molecule has 0 radical (unpaired) electrons. The van der Waals surface area contributed by atoms with Crippen LogP contribution < -0.4 is 4.74 Å². The fourth-order valence-electron chi connectivity index (χ4n) is 1.98. The average Bonchev–Trinajstić information content (AvgIpc) is 2.57. The maximum atomic E-state index is 11.6. The number of hydrogen-bond acceptors (Lipinski definition) is 7. The van der Waals surface area contributed by atoms with Gasteiger partial charge in [0, 0.05) is 11.6 Å². The number of phenols is 2. The van der Waals surface area contributed by atoms with Gasteiger partial charge in [-0.15, -0.1) is 0 Å². The molecular weight excluding hydrogens is 314 g/mol. The normalized spacial score (nSPS) is 11.1. The lowest BCUT2D eigenvalue weighted by atomic mass is 10.1. The number of phenolic OH excluding ortho intramolecular Hbond substituents is 2. The predicted molar refractivity (Wildman–Crippen MR) is 86.0 cm³/mol. The van der Waals surface area contributed by atoms with Gasteiger partial charge in [0.2, 0.25) is 0 Å². The molecule has 0 heterocycles. The summed E-state index contributed by atoms with van der Waals surface area (Å²) in [6, 6.07) is 10.2. The van der Waals surface area contributed by atoms with E-state index in [1.165, 1.54) is 12.1 Å². The molecule has 0 aromatic heterocycles. The number of rotatable bonds is 6. The minimum atomic E-state index is -0.421. The summed E-state index contributed by atoms with van der Waals surface area (Å²) in [5, 5.41) is 31.3. The summed E-state index contributed by atoms with van der Waals surface area (Å²) < 4.78 is 10.4. The van der Waals surface area contributed by atoms with Crippen molar-refractivity contribution in [2.24, 2.45) is 5.16 Å². The van der Waals surface area contributed by atoms with Crippen molar-refractivity contribution < 1.29 is 29.7 Å². The zero-order valence-electron chi connectivity index (χ0n) is 13.0. The van der Waals surface area contributed by atoms with Gasteiger partial charge in [0.25, 0.3) is 0 Å². The molecule has 0 bridgehead atoms. The molecular formula is C17H17NO6. The van der Waals surface area contributed by atoms with E-state index in [4.69, 9.17) is 14.7 Å². The lowest BCUT2D eigenvalue weighted by Gasteiger charge is -2.10. The van der Waals surface area contributed by atoms with Gasteiger partial charge in [-0.2, -0.15) is 0 Å². The zero-order valence-corrected chi connectivity index (χ0v) is 13.0. The molecule has 0 aliphatic heterocycles. The van der Waals surface area contributed by atoms with Crippen molar-refractivity contribution >= 4 is 11.7 Å². The number of carbonyl (C=O) groups excluding carboxylic acids is 1. The molecule has 126 valence electrons. The number of nitrogens with zero attached hydrogens (tertiary/aromatic N) is 1. The summed E-state index contributed by atoms with van der Waals surface area (Å²) in [5.74, 6) is -0.314. The van der Waals surface area contributed by atoms with Crippen molar-refractivity contribution in [2.45, 2.75) is 6.92 Å². The Morgan fingerprint density at radius 2 is 1.83 bits per heavy atom. The summed E-state index contributed by atoms with van der Waals surface area (Å²) >= 11 is 0. The first-order chi connectivity index (χ1) is 11.5. The van der Waals surface area contributed by atoms with Gasteiger partial charge < -0.3 is 24.9 Å². The molecule has 0 spiro atoms. The first-order valence-electron chi connectivity index (χ1n) is 7.18. The van der Waals surface area contributed by atoms with Crippen molar-refractivity contribution in [3.63, 3.8) is 0 Å². The molecule has 2 rings (SSSR count). The third-order valence-corrected chi connectivity index (χ3v) is 3.15. The molecule has 24 heavy (non-hydrogen) atoms. The van der Waals surface area contributed by atoms with E-state index >= 15 is 0 Å². The number of carbonyl (C=O) groups is 1. The molecule has 7 heteroatoms. The topological polar surface area (TPSA) is 109 Å². The number of hydrogen-bond donors (Lipinski definition) is 3. The fraction of sp³-hybridized carbons (Fsp3) is 0.176. The van der Waals surface area contributed by atoms with Crippen LogP contribution >= 0.6 is 0 Å². The van der Waals surface area contributed by atoms with Crippen LogP contribution in [-0.4, -0.2) is 40.3 Å². The van der Waals surface area contributed by atoms with Crippen LogP contribution in [0.5, 0.6) is 17.2 Å². The first kappa shape index (κ1) is 17.1. The van der Waals surface area contributed by atoms with E-state index in [2.05, 4.69) is 5.16 Å². The van der Waals surface area contributed by atoms with Gasteiger partial charge in [-0.25, -0.2) is 4.79 Å². The van der Waals surface area contributed by atoms with Crippen LogP contribution in [0.25, 0.3) is 0 Å². The van der Waals surface area contributed by atoms with Crippen LogP contribution in [0.2, 0.25) is 0 Å². The van der Waals surface area contributed by atoms with Crippen molar-refractivity contribution in [3.8, 4) is 17.2 Å². The van der Waals surface area contributed by atoms with Crippen molar-refractivity contribution in [1.29, 1.82) is 0 Å². The summed E-state index contributed by atoms with van der Waals surface area (Å²) in [6.45, 7) is 1.90. The van der Waals surface area contributed by atoms with Crippen molar-refractivity contribution in [3.05, 3.63) is 53.6 Å². The molecule has 2 aromatic rings. The van der Waals surface area contributed by atoms with Gasteiger partial charge in [0.1, 0.15) is 29.6 Å². The molecule has 2 aromatic carbocycles. The predicted octanol–water partition coefficient (Wildman–Crippen LogP) is 2.53. The van der Waals surface area contributed by atoms with Crippen LogP contribution in [0.15, 0.2) is 47.6 Å². The van der Waals surface area contributed by atoms with Gasteiger partial charge in [0.15, 0.2) is 0 Å². The van der Waals surface area contributed by atoms with Crippen molar-refractivity contribution in [1.82, 2.24) is 0 Å². The Bertz CT molecular complexity index is 739. The van der Waals surface area contributed by atoms with Gasteiger partial charge in [0.05, 0.1) is 12.2 Å². The zero-order chi connectivity index (χ0) is 17.5. The molecule has 0 unspecified atom stereocenters. The number of esters is 1. The smallest absolute Gasteiger partial charge is 0.338 e. The Kier molecular flexibility index (Phi) is 5.62. The number of aromatic hydroxyl groups is 2. The van der Waals surface area contributed by atoms with Crippen LogP contribution in [0.1, 0.15) is 22.8 Å². The highest BCUT2D eigenvalue weighted by Crippen LogP contribution is 2.23. The van der Waals surface area contributed by atoms with Crippen LogP contribution in [0, 0.1) is 0 Å². The lowest BCUT2D eigenvalue weighted by molar-refractivity contribution is 0.0526. The Hall–Kier alpha value is -3.22. The highest BCUT2D eigenvalue weighted by molar-refractivity contribution is 6.03. The van der Waals surface area contributed by atoms with E-state index < -0.39 is 5.97 Å². The van der Waals surface area contributed by atoms with E-state index in [1.807, 2.05) is 0 Å². The van der Waals surface area contributed by atoms with E-state index in [0.717, 1.165) is 6.07 Å². The lowest BCUT2D eigenvalue weighted by Crippen LogP contribution is -2.13. The Balaban J connectivity index is 2.04. The minimum absolute atomic E-state index is 0.0852. The average molecular weight is 331 g/mol. The summed E-state index contributed by atoms with van der Waals surface area (Å²) in [5.41, 5.74) is 0.719. The molecule has 0 saturated carbocycles. The Morgan fingerprint density at radius 3 is 2.42 bits per heavy atom. The van der Waals surface area contributed by atoms with Crippen LogP contribution in [-0.2, 0) is 4.74 Å². The standard InChI is InChI=1S/C17H17NO6/c1-2-23-17(21)11-3-6-13(7-4-11)24-10-15(18-22)14-8-5-12(19)9-16(14)20/h3-9,19-20,22H,2,10H2,1H3/b18-15+.